The lowest BCUT2D eigenvalue weighted by Crippen LogP contribution is -2.20. The fraction of sp³-hybridized carbons (Fsp3) is 0.278. The highest BCUT2D eigenvalue weighted by Crippen LogP contribution is 2.18. The third-order valence-electron chi connectivity index (χ3n) is 3.50. The van der Waals surface area contributed by atoms with Crippen LogP contribution in [0.3, 0.4) is 0 Å². The van der Waals surface area contributed by atoms with Gasteiger partial charge in [-0.05, 0) is 36.6 Å². The summed E-state index contributed by atoms with van der Waals surface area (Å²) in [4.78, 5) is 0. The molecule has 0 aliphatic carbocycles. The van der Waals surface area contributed by atoms with E-state index >= 15 is 0 Å². The van der Waals surface area contributed by atoms with Crippen molar-refractivity contribution in [3.63, 3.8) is 0 Å². The molecule has 0 radical (unpaired) electrons. The van der Waals surface area contributed by atoms with E-state index in [1.807, 2.05) is 18.2 Å². The Morgan fingerprint density at radius 3 is 2.55 bits per heavy atom. The van der Waals surface area contributed by atoms with Crippen molar-refractivity contribution in [1.82, 2.24) is 5.32 Å². The van der Waals surface area contributed by atoms with Crippen LogP contribution in [0, 0.1) is 18.3 Å². The number of aryl methyl sites for hydroxylation is 1. The summed E-state index contributed by atoms with van der Waals surface area (Å²) in [5.74, 6) is 0. The Labute approximate surface area is 121 Å². The Hall–Kier alpha value is -2.11. The molecule has 20 heavy (non-hydrogen) atoms. The molecule has 0 saturated heterocycles. The van der Waals surface area contributed by atoms with E-state index in [0.29, 0.717) is 11.6 Å². The molecule has 1 atom stereocenters. The van der Waals surface area contributed by atoms with E-state index in [-0.39, 0.29) is 0 Å². The second-order valence-corrected chi connectivity index (χ2v) is 5.06. The lowest BCUT2D eigenvalue weighted by molar-refractivity contribution is 0.519. The predicted octanol–water partition coefficient (Wildman–Crippen LogP) is 4.11. The molecule has 102 valence electrons. The number of benzene rings is 2. The van der Waals surface area contributed by atoms with Crippen molar-refractivity contribution in [1.29, 1.82) is 5.26 Å². The summed E-state index contributed by atoms with van der Waals surface area (Å²) in [6.45, 7) is 5.07. The normalized spacial score (nSPS) is 11.8. The molecule has 0 spiro atoms. The topological polar surface area (TPSA) is 35.8 Å². The maximum atomic E-state index is 8.92. The van der Waals surface area contributed by atoms with Crippen molar-refractivity contribution in [3.8, 4) is 6.07 Å². The van der Waals surface area contributed by atoms with E-state index in [2.05, 4.69) is 55.6 Å². The molecule has 0 saturated carbocycles. The monoisotopic (exact) mass is 264 g/mol. The Bertz CT molecular complexity index is 594. The van der Waals surface area contributed by atoms with Crippen LogP contribution in [0.1, 0.15) is 41.6 Å². The quantitative estimate of drug-likeness (QED) is 0.882. The summed E-state index contributed by atoms with van der Waals surface area (Å²) < 4.78 is 0. The molecule has 0 amide bonds. The summed E-state index contributed by atoms with van der Waals surface area (Å²) in [5.41, 5.74) is 4.46. The SMILES string of the molecule is CCC(NCc1cccc(C#N)c1)c1ccc(C)cc1. The van der Waals surface area contributed by atoms with Crippen molar-refractivity contribution in [2.45, 2.75) is 32.9 Å². The van der Waals surface area contributed by atoms with Crippen molar-refractivity contribution < 1.29 is 0 Å². The van der Waals surface area contributed by atoms with Gasteiger partial charge >= 0.3 is 0 Å². The Balaban J connectivity index is 2.03. The molecule has 0 heterocycles. The summed E-state index contributed by atoms with van der Waals surface area (Å²) in [6, 6.07) is 18.9. The molecule has 2 aromatic rings. The van der Waals surface area contributed by atoms with E-state index in [1.54, 1.807) is 0 Å². The van der Waals surface area contributed by atoms with Crippen LogP contribution < -0.4 is 5.32 Å². The van der Waals surface area contributed by atoms with Gasteiger partial charge in [0.15, 0.2) is 0 Å². The van der Waals surface area contributed by atoms with Crippen LogP contribution in [-0.2, 0) is 6.54 Å². The highest BCUT2D eigenvalue weighted by atomic mass is 14.9. The first-order valence-electron chi connectivity index (χ1n) is 7.02. The smallest absolute Gasteiger partial charge is 0.0991 e. The first kappa shape index (κ1) is 14.3. The molecule has 0 fully saturated rings. The molecule has 2 nitrogen and oxygen atoms in total. The molecule has 0 bridgehead atoms. The third-order valence-corrected chi connectivity index (χ3v) is 3.50. The van der Waals surface area contributed by atoms with Gasteiger partial charge in [-0.2, -0.15) is 5.26 Å². The number of nitriles is 1. The van der Waals surface area contributed by atoms with Gasteiger partial charge in [0, 0.05) is 12.6 Å². The average molecular weight is 264 g/mol. The van der Waals surface area contributed by atoms with E-state index in [1.165, 1.54) is 11.1 Å². The second kappa shape index (κ2) is 6.88. The standard InChI is InChI=1S/C18H20N2/c1-3-18(17-9-7-14(2)8-10-17)20-13-16-6-4-5-15(11-16)12-19/h4-11,18,20H,3,13H2,1-2H3. The highest BCUT2D eigenvalue weighted by molar-refractivity contribution is 5.33. The zero-order chi connectivity index (χ0) is 14.4. The maximum absolute atomic E-state index is 8.92. The largest absolute Gasteiger partial charge is 0.306 e. The van der Waals surface area contributed by atoms with E-state index in [0.717, 1.165) is 18.5 Å². The Morgan fingerprint density at radius 1 is 1.15 bits per heavy atom. The van der Waals surface area contributed by atoms with Crippen molar-refractivity contribution >= 4 is 0 Å². The van der Waals surface area contributed by atoms with Gasteiger partial charge in [0.2, 0.25) is 0 Å². The van der Waals surface area contributed by atoms with Crippen molar-refractivity contribution in [3.05, 3.63) is 70.8 Å². The van der Waals surface area contributed by atoms with Gasteiger partial charge in [0.05, 0.1) is 11.6 Å². The van der Waals surface area contributed by atoms with Gasteiger partial charge in [-0.25, -0.2) is 0 Å². The first-order chi connectivity index (χ1) is 9.72. The molecule has 1 unspecified atom stereocenters. The lowest BCUT2D eigenvalue weighted by Gasteiger charge is -2.18. The van der Waals surface area contributed by atoms with Gasteiger partial charge in [0.25, 0.3) is 0 Å². The maximum Gasteiger partial charge on any atom is 0.0991 e. The number of nitrogens with zero attached hydrogens (tertiary/aromatic N) is 1. The van der Waals surface area contributed by atoms with Crippen LogP contribution in [0.15, 0.2) is 48.5 Å². The van der Waals surface area contributed by atoms with Crippen LogP contribution in [0.25, 0.3) is 0 Å². The van der Waals surface area contributed by atoms with Gasteiger partial charge in [0.1, 0.15) is 0 Å². The Kier molecular flexibility index (Phi) is 4.92. The zero-order valence-electron chi connectivity index (χ0n) is 12.1. The third kappa shape index (κ3) is 3.69. The zero-order valence-corrected chi connectivity index (χ0v) is 12.1. The molecule has 2 rings (SSSR count). The van der Waals surface area contributed by atoms with Gasteiger partial charge in [-0.3, -0.25) is 0 Å². The average Bonchev–Trinajstić information content (AvgIpc) is 2.50. The second-order valence-electron chi connectivity index (χ2n) is 5.06. The minimum Gasteiger partial charge on any atom is -0.306 e. The molecular formula is C18H20N2. The minimum atomic E-state index is 0.348. The minimum absolute atomic E-state index is 0.348. The highest BCUT2D eigenvalue weighted by Gasteiger charge is 2.08. The van der Waals surface area contributed by atoms with Crippen LogP contribution >= 0.6 is 0 Å². The fourth-order valence-corrected chi connectivity index (χ4v) is 2.29. The number of rotatable bonds is 5. The van der Waals surface area contributed by atoms with Crippen LogP contribution in [-0.4, -0.2) is 0 Å². The van der Waals surface area contributed by atoms with Crippen molar-refractivity contribution in [2.75, 3.05) is 0 Å². The first-order valence-corrected chi connectivity index (χ1v) is 7.02. The van der Waals surface area contributed by atoms with Crippen LogP contribution in [0.2, 0.25) is 0 Å². The molecule has 0 aliphatic rings. The lowest BCUT2D eigenvalue weighted by atomic mass is 10.0. The van der Waals surface area contributed by atoms with E-state index < -0.39 is 0 Å². The van der Waals surface area contributed by atoms with E-state index in [9.17, 15) is 0 Å². The number of hydrogen-bond acceptors (Lipinski definition) is 2. The Morgan fingerprint density at radius 2 is 1.90 bits per heavy atom. The number of nitrogens with one attached hydrogen (secondary N) is 1. The molecule has 2 aromatic carbocycles. The molecule has 1 N–H and O–H groups in total. The van der Waals surface area contributed by atoms with Crippen LogP contribution in [0.4, 0.5) is 0 Å². The molecule has 2 heteroatoms. The van der Waals surface area contributed by atoms with Gasteiger partial charge in [-0.15, -0.1) is 0 Å². The summed E-state index contributed by atoms with van der Waals surface area (Å²) in [7, 11) is 0. The fourth-order valence-electron chi connectivity index (χ4n) is 2.29. The number of hydrogen-bond donors (Lipinski definition) is 1. The van der Waals surface area contributed by atoms with Crippen molar-refractivity contribution in [2.24, 2.45) is 0 Å². The molecule has 0 aliphatic heterocycles. The summed E-state index contributed by atoms with van der Waals surface area (Å²) in [6.07, 6.45) is 1.04. The molecular weight excluding hydrogens is 244 g/mol. The molecule has 0 aromatic heterocycles. The van der Waals surface area contributed by atoms with Crippen LogP contribution in [0.5, 0.6) is 0 Å². The summed E-state index contributed by atoms with van der Waals surface area (Å²) >= 11 is 0. The predicted molar refractivity (Wildman–Crippen MR) is 82.2 cm³/mol. The summed E-state index contributed by atoms with van der Waals surface area (Å²) in [5, 5.41) is 12.5. The van der Waals surface area contributed by atoms with Gasteiger partial charge in [-0.1, -0.05) is 48.9 Å². The van der Waals surface area contributed by atoms with Gasteiger partial charge < -0.3 is 5.32 Å². The van der Waals surface area contributed by atoms with E-state index in [4.69, 9.17) is 5.26 Å².